The molecule has 0 aromatic heterocycles. The van der Waals surface area contributed by atoms with Gasteiger partial charge in [0.2, 0.25) is 5.91 Å². The summed E-state index contributed by atoms with van der Waals surface area (Å²) in [6, 6.07) is 10.6. The van der Waals surface area contributed by atoms with Crippen molar-refractivity contribution in [1.29, 1.82) is 0 Å². The largest absolute Gasteiger partial charge is 0.399 e. The second kappa shape index (κ2) is 6.48. The fraction of sp³-hybridized carbons (Fsp3) is 0.0714. The third-order valence-electron chi connectivity index (χ3n) is 2.62. The average Bonchev–Trinajstić information content (AvgIpc) is 2.39. The van der Waals surface area contributed by atoms with Crippen molar-refractivity contribution in [2.75, 3.05) is 11.1 Å². The quantitative estimate of drug-likeness (QED) is 0.613. The summed E-state index contributed by atoms with van der Waals surface area (Å²) in [5, 5.41) is 3.41. The van der Waals surface area contributed by atoms with Gasteiger partial charge in [-0.15, -0.1) is 0 Å². The zero-order valence-electron chi connectivity index (χ0n) is 10.3. The highest BCUT2D eigenvalue weighted by Crippen LogP contribution is 2.35. The van der Waals surface area contributed by atoms with E-state index < -0.39 is 0 Å². The molecule has 0 saturated carbocycles. The highest BCUT2D eigenvalue weighted by molar-refractivity contribution is 9.10. The van der Waals surface area contributed by atoms with Crippen LogP contribution in [0.3, 0.4) is 0 Å². The lowest BCUT2D eigenvalue weighted by molar-refractivity contribution is -0.115. The van der Waals surface area contributed by atoms with Gasteiger partial charge >= 0.3 is 0 Å². The van der Waals surface area contributed by atoms with E-state index in [0.29, 0.717) is 25.9 Å². The predicted molar refractivity (Wildman–Crippen MR) is 87.4 cm³/mol. The molecule has 0 heterocycles. The van der Waals surface area contributed by atoms with Crippen LogP contribution in [-0.2, 0) is 11.2 Å². The number of carbonyl (C=O) groups is 1. The van der Waals surface area contributed by atoms with Gasteiger partial charge in [-0.05, 0) is 45.8 Å². The molecule has 0 saturated heterocycles. The first-order valence-corrected chi connectivity index (χ1v) is 7.30. The van der Waals surface area contributed by atoms with Crippen LogP contribution in [0, 0.1) is 0 Å². The first-order chi connectivity index (χ1) is 9.47. The maximum absolute atomic E-state index is 12.0. The third kappa shape index (κ3) is 3.66. The molecule has 0 atom stereocenters. The molecule has 6 heteroatoms. The molecule has 0 aliphatic heterocycles. The lowest BCUT2D eigenvalue weighted by atomic mass is 10.1. The molecule has 3 nitrogen and oxygen atoms in total. The van der Waals surface area contributed by atoms with Crippen LogP contribution in [-0.4, -0.2) is 5.91 Å². The van der Waals surface area contributed by atoms with Gasteiger partial charge in [-0.1, -0.05) is 35.3 Å². The van der Waals surface area contributed by atoms with Gasteiger partial charge in [0.05, 0.1) is 22.2 Å². The van der Waals surface area contributed by atoms with Gasteiger partial charge < -0.3 is 11.1 Å². The maximum atomic E-state index is 12.0. The van der Waals surface area contributed by atoms with Gasteiger partial charge in [0.15, 0.2) is 0 Å². The molecule has 1 amide bonds. The van der Waals surface area contributed by atoms with E-state index in [-0.39, 0.29) is 12.3 Å². The van der Waals surface area contributed by atoms with Gasteiger partial charge in [0, 0.05) is 10.2 Å². The molecular weight excluding hydrogens is 363 g/mol. The number of hydrogen-bond acceptors (Lipinski definition) is 2. The number of hydrogen-bond donors (Lipinski definition) is 2. The molecule has 2 rings (SSSR count). The van der Waals surface area contributed by atoms with Gasteiger partial charge in [-0.25, -0.2) is 0 Å². The molecule has 104 valence electrons. The molecule has 2 aromatic carbocycles. The van der Waals surface area contributed by atoms with Crippen LogP contribution < -0.4 is 11.1 Å². The molecule has 0 bridgehead atoms. The van der Waals surface area contributed by atoms with E-state index in [1.807, 2.05) is 6.07 Å². The first kappa shape index (κ1) is 15.2. The van der Waals surface area contributed by atoms with Crippen molar-refractivity contribution in [1.82, 2.24) is 0 Å². The molecule has 0 radical (unpaired) electrons. The smallest absolute Gasteiger partial charge is 0.228 e. The van der Waals surface area contributed by atoms with Crippen LogP contribution in [0.2, 0.25) is 10.0 Å². The Morgan fingerprint density at radius 1 is 1.20 bits per heavy atom. The molecule has 0 aliphatic rings. The van der Waals surface area contributed by atoms with E-state index in [2.05, 4.69) is 21.2 Å². The van der Waals surface area contributed by atoms with Gasteiger partial charge in [-0.3, -0.25) is 4.79 Å². The number of amides is 1. The number of halogens is 3. The number of nitrogen functional groups attached to an aromatic ring is 1. The number of anilines is 2. The fourth-order valence-corrected chi connectivity index (χ4v) is 2.53. The monoisotopic (exact) mass is 372 g/mol. The number of nitrogens with one attached hydrogen (secondary N) is 1. The predicted octanol–water partition coefficient (Wildman–Crippen LogP) is 4.52. The van der Waals surface area contributed by atoms with Crippen molar-refractivity contribution in [3.63, 3.8) is 0 Å². The summed E-state index contributed by atoms with van der Waals surface area (Å²) in [4.78, 5) is 12.0. The summed E-state index contributed by atoms with van der Waals surface area (Å²) in [6.07, 6.45) is 0.217. The van der Waals surface area contributed by atoms with Crippen LogP contribution in [0.5, 0.6) is 0 Å². The van der Waals surface area contributed by atoms with E-state index in [1.54, 1.807) is 30.3 Å². The number of rotatable bonds is 3. The molecule has 0 spiro atoms. The third-order valence-corrected chi connectivity index (χ3v) is 4.40. The molecule has 0 aliphatic carbocycles. The first-order valence-electron chi connectivity index (χ1n) is 5.75. The van der Waals surface area contributed by atoms with Crippen LogP contribution in [0.25, 0.3) is 0 Å². The highest BCUT2D eigenvalue weighted by Gasteiger charge is 2.11. The van der Waals surface area contributed by atoms with Gasteiger partial charge in [-0.2, -0.15) is 0 Å². The van der Waals surface area contributed by atoms with Crippen molar-refractivity contribution in [2.45, 2.75) is 6.42 Å². The Hall–Kier alpha value is -1.23. The zero-order chi connectivity index (χ0) is 14.7. The summed E-state index contributed by atoms with van der Waals surface area (Å²) in [7, 11) is 0. The summed E-state index contributed by atoms with van der Waals surface area (Å²) >= 11 is 15.3. The molecule has 2 aromatic rings. The average molecular weight is 374 g/mol. The standard InChI is InChI=1S/C14H11BrCl2N2O/c15-10-4-5-11(14(17)13(10)16)19-12(20)7-8-2-1-3-9(18)6-8/h1-6H,7,18H2,(H,19,20). The van der Waals surface area contributed by atoms with E-state index in [4.69, 9.17) is 28.9 Å². The second-order valence-electron chi connectivity index (χ2n) is 4.19. The van der Waals surface area contributed by atoms with E-state index in [0.717, 1.165) is 5.56 Å². The van der Waals surface area contributed by atoms with Crippen molar-refractivity contribution in [3.05, 3.63) is 56.5 Å². The van der Waals surface area contributed by atoms with Crippen molar-refractivity contribution in [2.24, 2.45) is 0 Å². The Morgan fingerprint density at radius 3 is 2.65 bits per heavy atom. The van der Waals surface area contributed by atoms with Crippen LogP contribution in [0.4, 0.5) is 11.4 Å². The second-order valence-corrected chi connectivity index (χ2v) is 5.80. The van der Waals surface area contributed by atoms with E-state index >= 15 is 0 Å². The van der Waals surface area contributed by atoms with Crippen molar-refractivity contribution >= 4 is 56.4 Å². The van der Waals surface area contributed by atoms with Gasteiger partial charge in [0.25, 0.3) is 0 Å². The van der Waals surface area contributed by atoms with Crippen molar-refractivity contribution < 1.29 is 4.79 Å². The van der Waals surface area contributed by atoms with E-state index in [9.17, 15) is 4.79 Å². The van der Waals surface area contributed by atoms with E-state index in [1.165, 1.54) is 0 Å². The normalized spacial score (nSPS) is 10.3. The highest BCUT2D eigenvalue weighted by atomic mass is 79.9. The summed E-state index contributed by atoms with van der Waals surface area (Å²) < 4.78 is 0.679. The Labute approximate surface area is 135 Å². The van der Waals surface area contributed by atoms with Crippen LogP contribution in [0.1, 0.15) is 5.56 Å². The number of benzene rings is 2. The lowest BCUT2D eigenvalue weighted by Gasteiger charge is -2.09. The molecule has 0 fully saturated rings. The Kier molecular flexibility index (Phi) is 4.91. The Morgan fingerprint density at radius 2 is 1.95 bits per heavy atom. The minimum atomic E-state index is -0.184. The minimum Gasteiger partial charge on any atom is -0.399 e. The van der Waals surface area contributed by atoms with Gasteiger partial charge in [0.1, 0.15) is 0 Å². The number of carbonyl (C=O) groups excluding carboxylic acids is 1. The number of nitrogens with two attached hydrogens (primary N) is 1. The minimum absolute atomic E-state index is 0.184. The lowest BCUT2D eigenvalue weighted by Crippen LogP contribution is -2.14. The fourth-order valence-electron chi connectivity index (χ4n) is 1.71. The molecule has 20 heavy (non-hydrogen) atoms. The molecule has 0 unspecified atom stereocenters. The van der Waals surface area contributed by atoms with Crippen molar-refractivity contribution in [3.8, 4) is 0 Å². The van der Waals surface area contributed by atoms with Crippen LogP contribution in [0.15, 0.2) is 40.9 Å². The topological polar surface area (TPSA) is 55.1 Å². The SMILES string of the molecule is Nc1cccc(CC(=O)Nc2ccc(Br)c(Cl)c2Cl)c1. The Bertz CT molecular complexity index is 662. The summed E-state index contributed by atoms with van der Waals surface area (Å²) in [6.45, 7) is 0. The molecular formula is C14H11BrCl2N2O. The Balaban J connectivity index is 2.11. The molecule has 3 N–H and O–H groups in total. The summed E-state index contributed by atoms with van der Waals surface area (Å²) in [5.41, 5.74) is 7.61. The summed E-state index contributed by atoms with van der Waals surface area (Å²) in [5.74, 6) is -0.184. The zero-order valence-corrected chi connectivity index (χ0v) is 13.4. The van der Waals surface area contributed by atoms with Crippen LogP contribution >= 0.6 is 39.1 Å². The maximum Gasteiger partial charge on any atom is 0.228 e.